The Morgan fingerprint density at radius 1 is 0.510 bits per heavy atom. The first-order chi connectivity index (χ1) is 25.2. The minimum atomic E-state index is 1.02. The minimum Gasteiger partial charge on any atom is -0.310 e. The highest BCUT2D eigenvalue weighted by molar-refractivity contribution is 6.32. The maximum atomic E-state index is 2.46. The third-order valence-electron chi connectivity index (χ3n) is 10.2. The van der Waals surface area contributed by atoms with Crippen molar-refractivity contribution in [2.75, 3.05) is 4.90 Å². The fraction of sp³-hybridized carbons (Fsp3) is 0.0612. The van der Waals surface area contributed by atoms with Crippen LogP contribution in [0.4, 0.5) is 17.1 Å². The predicted molar refractivity (Wildman–Crippen MR) is 220 cm³/mol. The molecular formula is C49H38N2. The minimum absolute atomic E-state index is 1.02. The number of para-hydroxylation sites is 2. The molecule has 51 heavy (non-hydrogen) atoms. The average Bonchev–Trinajstić information content (AvgIpc) is 3.54. The van der Waals surface area contributed by atoms with Gasteiger partial charge in [-0.25, -0.2) is 0 Å². The molecular weight excluding hydrogens is 617 g/mol. The van der Waals surface area contributed by atoms with Crippen molar-refractivity contribution in [2.45, 2.75) is 20.3 Å². The maximum absolute atomic E-state index is 2.46. The molecule has 0 N–H and O–H groups in total. The summed E-state index contributed by atoms with van der Waals surface area (Å²) in [6.45, 7) is 4.30. The summed E-state index contributed by atoms with van der Waals surface area (Å²) in [6.07, 6.45) is 5.36. The van der Waals surface area contributed by atoms with Crippen molar-refractivity contribution in [3.8, 4) is 16.8 Å². The van der Waals surface area contributed by atoms with Crippen molar-refractivity contribution in [3.05, 3.63) is 187 Å². The highest BCUT2D eigenvalue weighted by Gasteiger charge is 2.21. The van der Waals surface area contributed by atoms with Crippen LogP contribution in [-0.4, -0.2) is 4.57 Å². The van der Waals surface area contributed by atoms with Gasteiger partial charge in [-0.1, -0.05) is 128 Å². The molecule has 0 unspecified atom stereocenters. The first kappa shape index (κ1) is 30.7. The van der Waals surface area contributed by atoms with Crippen LogP contribution in [0.15, 0.2) is 176 Å². The van der Waals surface area contributed by atoms with E-state index in [4.69, 9.17) is 0 Å². The Bertz CT molecular complexity index is 2720. The van der Waals surface area contributed by atoms with E-state index in [1.807, 2.05) is 0 Å². The second kappa shape index (κ2) is 12.8. The van der Waals surface area contributed by atoms with Crippen LogP contribution in [0.5, 0.6) is 0 Å². The van der Waals surface area contributed by atoms with E-state index in [2.05, 4.69) is 205 Å². The van der Waals surface area contributed by atoms with Crippen molar-refractivity contribution in [2.24, 2.45) is 0 Å². The largest absolute Gasteiger partial charge is 0.310 e. The summed E-state index contributed by atoms with van der Waals surface area (Å²) in [5.74, 6) is 0. The van der Waals surface area contributed by atoms with Crippen LogP contribution < -0.4 is 4.90 Å². The molecule has 2 nitrogen and oxygen atoms in total. The monoisotopic (exact) mass is 654 g/mol. The van der Waals surface area contributed by atoms with Crippen LogP contribution in [0.2, 0.25) is 0 Å². The number of hydrogen-bond donors (Lipinski definition) is 0. The first-order valence-electron chi connectivity index (χ1n) is 17.9. The molecule has 9 aromatic rings. The summed E-state index contributed by atoms with van der Waals surface area (Å²) in [6, 6.07) is 62.0. The lowest BCUT2D eigenvalue weighted by Gasteiger charge is -2.26. The van der Waals surface area contributed by atoms with Gasteiger partial charge < -0.3 is 9.47 Å². The molecule has 0 atom stereocenters. The van der Waals surface area contributed by atoms with E-state index in [1.165, 1.54) is 65.6 Å². The topological polar surface area (TPSA) is 8.17 Å². The number of fused-ring (bicyclic) bond motifs is 8. The number of aromatic nitrogens is 1. The molecule has 0 radical (unpaired) electrons. The fourth-order valence-electron chi connectivity index (χ4n) is 7.91. The molecule has 8 aromatic carbocycles. The normalized spacial score (nSPS) is 11.7. The van der Waals surface area contributed by atoms with E-state index < -0.39 is 0 Å². The van der Waals surface area contributed by atoms with Crippen LogP contribution in [0.3, 0.4) is 0 Å². The molecule has 0 spiro atoms. The Kier molecular flexibility index (Phi) is 7.71. The smallest absolute Gasteiger partial charge is 0.0625 e. The molecule has 1 aromatic heterocycles. The molecule has 0 aliphatic rings. The average molecular weight is 655 g/mol. The molecule has 0 saturated carbocycles. The number of rotatable bonds is 7. The van der Waals surface area contributed by atoms with Crippen LogP contribution >= 0.6 is 0 Å². The Balaban J connectivity index is 1.28. The Morgan fingerprint density at radius 2 is 1.10 bits per heavy atom. The number of hydrogen-bond acceptors (Lipinski definition) is 1. The summed E-state index contributed by atoms with van der Waals surface area (Å²) in [4.78, 5) is 2.38. The Hall–Kier alpha value is -6.38. The SMILES string of the molecule is C/C=C\c1cc(-c2ccc(N(c3ccccc3)c3ccc4c(c3)c3c5ccccc5c5ccccc5c3n4-c3ccccc3)cc2)ccc1CC. The molecule has 0 aliphatic carbocycles. The molecule has 9 rings (SSSR count). The third-order valence-corrected chi connectivity index (χ3v) is 10.2. The van der Waals surface area contributed by atoms with E-state index in [0.717, 1.165) is 29.2 Å². The molecule has 0 fully saturated rings. The van der Waals surface area contributed by atoms with Gasteiger partial charge in [0.2, 0.25) is 0 Å². The highest BCUT2D eigenvalue weighted by atomic mass is 15.1. The number of anilines is 3. The van der Waals surface area contributed by atoms with Gasteiger partial charge in [0.1, 0.15) is 0 Å². The quantitative estimate of drug-likeness (QED) is 0.155. The highest BCUT2D eigenvalue weighted by Crippen LogP contribution is 2.45. The predicted octanol–water partition coefficient (Wildman–Crippen LogP) is 13.8. The van der Waals surface area contributed by atoms with Gasteiger partial charge in [0, 0.05) is 38.9 Å². The number of allylic oxidation sites excluding steroid dienone is 1. The maximum Gasteiger partial charge on any atom is 0.0625 e. The van der Waals surface area contributed by atoms with Crippen LogP contribution in [-0.2, 0) is 6.42 Å². The Morgan fingerprint density at radius 3 is 1.80 bits per heavy atom. The van der Waals surface area contributed by atoms with Gasteiger partial charge in [0.15, 0.2) is 0 Å². The second-order valence-corrected chi connectivity index (χ2v) is 13.2. The van der Waals surface area contributed by atoms with Gasteiger partial charge in [-0.15, -0.1) is 0 Å². The van der Waals surface area contributed by atoms with Crippen molar-refractivity contribution >= 4 is 66.5 Å². The van der Waals surface area contributed by atoms with E-state index in [1.54, 1.807) is 0 Å². The van der Waals surface area contributed by atoms with E-state index >= 15 is 0 Å². The summed E-state index contributed by atoms with van der Waals surface area (Å²) in [5.41, 5.74) is 12.0. The van der Waals surface area contributed by atoms with Gasteiger partial charge in [-0.2, -0.15) is 0 Å². The van der Waals surface area contributed by atoms with Gasteiger partial charge >= 0.3 is 0 Å². The van der Waals surface area contributed by atoms with Gasteiger partial charge in [0.05, 0.1) is 11.0 Å². The fourth-order valence-corrected chi connectivity index (χ4v) is 7.91. The summed E-state index contributed by atoms with van der Waals surface area (Å²) in [7, 11) is 0. The lowest BCUT2D eigenvalue weighted by atomic mass is 9.96. The van der Waals surface area contributed by atoms with E-state index in [9.17, 15) is 0 Å². The lowest BCUT2D eigenvalue weighted by Crippen LogP contribution is -2.09. The van der Waals surface area contributed by atoms with Gasteiger partial charge in [-0.05, 0) is 112 Å². The number of aryl methyl sites for hydroxylation is 1. The van der Waals surface area contributed by atoms with E-state index in [-0.39, 0.29) is 0 Å². The first-order valence-corrected chi connectivity index (χ1v) is 17.9. The zero-order valence-electron chi connectivity index (χ0n) is 28.9. The van der Waals surface area contributed by atoms with Crippen molar-refractivity contribution in [1.82, 2.24) is 4.57 Å². The third kappa shape index (κ3) is 5.19. The van der Waals surface area contributed by atoms with Gasteiger partial charge in [0.25, 0.3) is 0 Å². The van der Waals surface area contributed by atoms with Crippen LogP contribution in [0.25, 0.3) is 66.2 Å². The lowest BCUT2D eigenvalue weighted by molar-refractivity contribution is 1.13. The molecule has 0 bridgehead atoms. The summed E-state index contributed by atoms with van der Waals surface area (Å²) < 4.78 is 2.46. The number of nitrogens with zero attached hydrogens (tertiary/aromatic N) is 2. The summed E-state index contributed by atoms with van der Waals surface area (Å²) in [5, 5.41) is 7.59. The molecule has 1 heterocycles. The zero-order valence-corrected chi connectivity index (χ0v) is 28.9. The van der Waals surface area contributed by atoms with Gasteiger partial charge in [-0.3, -0.25) is 0 Å². The molecule has 2 heteroatoms. The Labute approximate surface area is 299 Å². The zero-order chi connectivity index (χ0) is 34.3. The standard InChI is InChI=1S/C49H38N2/c1-3-15-36-32-37(25-24-34(36)4-2)35-26-28-40(29-27-35)50(38-16-7-5-8-17-38)41-30-31-47-46(33-41)48-44-22-13-11-20-42(44)43-21-12-14-23-45(43)49(48)51(47)39-18-9-6-10-19-39/h3,5-33H,4H2,1-2H3/b15-3-. The van der Waals surface area contributed by atoms with Crippen molar-refractivity contribution in [3.63, 3.8) is 0 Å². The summed E-state index contributed by atoms with van der Waals surface area (Å²) >= 11 is 0. The second-order valence-electron chi connectivity index (χ2n) is 13.2. The van der Waals surface area contributed by atoms with Crippen molar-refractivity contribution < 1.29 is 0 Å². The molecule has 244 valence electrons. The van der Waals surface area contributed by atoms with Crippen LogP contribution in [0.1, 0.15) is 25.0 Å². The number of benzene rings is 8. The molecule has 0 saturated heterocycles. The molecule has 0 amide bonds. The van der Waals surface area contributed by atoms with E-state index in [0.29, 0.717) is 0 Å². The molecule has 0 aliphatic heterocycles. The van der Waals surface area contributed by atoms with Crippen molar-refractivity contribution in [1.29, 1.82) is 0 Å². The van der Waals surface area contributed by atoms with Crippen LogP contribution in [0, 0.1) is 0 Å².